The average Bonchev–Trinajstić information content (AvgIpc) is 2.40. The van der Waals surface area contributed by atoms with Crippen molar-refractivity contribution in [1.82, 2.24) is 10.3 Å². The molecule has 0 aliphatic carbocycles. The standard InChI is InChI=1S/C13H14BrFN4O/c1-7(20)17-4-5-18-13-12-9(15)2-3-10(16)11(12)8(14)6-19-13/h2-3,6H,4-5,16H2,1H3,(H,17,20)(H,18,19). The van der Waals surface area contributed by atoms with Crippen molar-refractivity contribution in [1.29, 1.82) is 0 Å². The molecule has 5 nitrogen and oxygen atoms in total. The van der Waals surface area contributed by atoms with E-state index in [-0.39, 0.29) is 5.91 Å². The monoisotopic (exact) mass is 340 g/mol. The Bertz CT molecular complexity index is 654. The SMILES string of the molecule is CC(=O)NCCNc1ncc(Br)c2c(N)ccc(F)c12. The molecule has 0 spiro atoms. The largest absolute Gasteiger partial charge is 0.398 e. The van der Waals surface area contributed by atoms with E-state index in [0.29, 0.717) is 39.8 Å². The first-order chi connectivity index (χ1) is 9.50. The molecule has 1 aromatic heterocycles. The number of carbonyl (C=O) groups is 1. The Hall–Kier alpha value is -1.89. The van der Waals surface area contributed by atoms with E-state index < -0.39 is 5.82 Å². The van der Waals surface area contributed by atoms with Crippen molar-refractivity contribution < 1.29 is 9.18 Å². The van der Waals surface area contributed by atoms with Gasteiger partial charge in [0.15, 0.2) is 0 Å². The summed E-state index contributed by atoms with van der Waals surface area (Å²) in [4.78, 5) is 14.9. The van der Waals surface area contributed by atoms with Gasteiger partial charge in [-0.1, -0.05) is 0 Å². The lowest BCUT2D eigenvalue weighted by Crippen LogP contribution is -2.26. The number of hydrogen-bond acceptors (Lipinski definition) is 4. The van der Waals surface area contributed by atoms with Crippen molar-refractivity contribution in [2.24, 2.45) is 0 Å². The topological polar surface area (TPSA) is 80.0 Å². The zero-order valence-electron chi connectivity index (χ0n) is 10.8. The summed E-state index contributed by atoms with van der Waals surface area (Å²) >= 11 is 3.32. The van der Waals surface area contributed by atoms with Gasteiger partial charge in [-0.05, 0) is 28.1 Å². The fourth-order valence-electron chi connectivity index (χ4n) is 1.89. The Kier molecular flexibility index (Phi) is 4.39. The van der Waals surface area contributed by atoms with Gasteiger partial charge >= 0.3 is 0 Å². The Labute approximate surface area is 123 Å². The molecule has 2 rings (SSSR count). The summed E-state index contributed by atoms with van der Waals surface area (Å²) in [6.45, 7) is 2.31. The van der Waals surface area contributed by atoms with Gasteiger partial charge in [0.25, 0.3) is 0 Å². The van der Waals surface area contributed by atoms with Gasteiger partial charge < -0.3 is 16.4 Å². The number of halogens is 2. The number of benzene rings is 1. The van der Waals surface area contributed by atoms with Crippen LogP contribution >= 0.6 is 15.9 Å². The molecule has 2 aromatic rings. The molecule has 4 N–H and O–H groups in total. The lowest BCUT2D eigenvalue weighted by atomic mass is 10.1. The maximum atomic E-state index is 14.0. The van der Waals surface area contributed by atoms with Crippen LogP contribution in [-0.4, -0.2) is 24.0 Å². The van der Waals surface area contributed by atoms with Crippen molar-refractivity contribution in [3.8, 4) is 0 Å². The number of anilines is 2. The van der Waals surface area contributed by atoms with Crippen LogP contribution in [-0.2, 0) is 4.79 Å². The maximum absolute atomic E-state index is 14.0. The molecular formula is C13H14BrFN4O. The molecule has 0 radical (unpaired) electrons. The second-order valence-corrected chi connectivity index (χ2v) is 5.11. The van der Waals surface area contributed by atoms with Gasteiger partial charge in [-0.25, -0.2) is 9.37 Å². The molecule has 1 heterocycles. The lowest BCUT2D eigenvalue weighted by molar-refractivity contribution is -0.118. The minimum Gasteiger partial charge on any atom is -0.398 e. The highest BCUT2D eigenvalue weighted by molar-refractivity contribution is 9.10. The smallest absolute Gasteiger partial charge is 0.216 e. The van der Waals surface area contributed by atoms with Gasteiger partial charge in [0.1, 0.15) is 11.6 Å². The van der Waals surface area contributed by atoms with Crippen molar-refractivity contribution in [3.05, 3.63) is 28.6 Å². The van der Waals surface area contributed by atoms with Crippen molar-refractivity contribution >= 4 is 44.1 Å². The lowest BCUT2D eigenvalue weighted by Gasteiger charge is -2.12. The third-order valence-electron chi connectivity index (χ3n) is 2.76. The van der Waals surface area contributed by atoms with E-state index in [2.05, 4.69) is 31.5 Å². The number of pyridine rings is 1. The van der Waals surface area contributed by atoms with Crippen LogP contribution in [0, 0.1) is 5.82 Å². The van der Waals surface area contributed by atoms with Gasteiger partial charge in [0, 0.05) is 41.8 Å². The van der Waals surface area contributed by atoms with Gasteiger partial charge in [-0.15, -0.1) is 0 Å². The summed E-state index contributed by atoms with van der Waals surface area (Å²) in [5.41, 5.74) is 6.35. The summed E-state index contributed by atoms with van der Waals surface area (Å²) < 4.78 is 14.7. The maximum Gasteiger partial charge on any atom is 0.216 e. The Morgan fingerprint density at radius 1 is 1.40 bits per heavy atom. The van der Waals surface area contributed by atoms with Crippen molar-refractivity contribution in [3.63, 3.8) is 0 Å². The number of nitrogen functional groups attached to an aromatic ring is 1. The highest BCUT2D eigenvalue weighted by Crippen LogP contribution is 2.34. The molecule has 0 unspecified atom stereocenters. The zero-order chi connectivity index (χ0) is 14.7. The number of nitrogens with zero attached hydrogens (tertiary/aromatic N) is 1. The van der Waals surface area contributed by atoms with Crippen LogP contribution in [0.1, 0.15) is 6.92 Å². The van der Waals surface area contributed by atoms with Crippen LogP contribution in [0.25, 0.3) is 10.8 Å². The number of nitrogens with one attached hydrogen (secondary N) is 2. The number of hydrogen-bond donors (Lipinski definition) is 3. The molecule has 0 aliphatic heterocycles. The molecule has 7 heteroatoms. The average molecular weight is 341 g/mol. The van der Waals surface area contributed by atoms with E-state index in [4.69, 9.17) is 5.73 Å². The number of aromatic nitrogens is 1. The van der Waals surface area contributed by atoms with Crippen molar-refractivity contribution in [2.75, 3.05) is 24.1 Å². The molecule has 1 amide bonds. The molecule has 106 valence electrons. The molecule has 0 fully saturated rings. The predicted molar refractivity (Wildman–Crippen MR) is 81.0 cm³/mol. The Balaban J connectivity index is 2.32. The highest BCUT2D eigenvalue weighted by atomic mass is 79.9. The third-order valence-corrected chi connectivity index (χ3v) is 3.36. The van der Waals surface area contributed by atoms with E-state index in [0.717, 1.165) is 0 Å². The summed E-state index contributed by atoms with van der Waals surface area (Å²) in [6.07, 6.45) is 1.57. The first kappa shape index (κ1) is 14.5. The van der Waals surface area contributed by atoms with Crippen LogP contribution in [0.5, 0.6) is 0 Å². The minimum atomic E-state index is -0.398. The number of rotatable bonds is 4. The van der Waals surface area contributed by atoms with E-state index in [1.807, 2.05) is 0 Å². The van der Waals surface area contributed by atoms with Crippen LogP contribution in [0.15, 0.2) is 22.8 Å². The van der Waals surface area contributed by atoms with E-state index in [9.17, 15) is 9.18 Å². The fraction of sp³-hybridized carbons (Fsp3) is 0.231. The summed E-state index contributed by atoms with van der Waals surface area (Å²) in [5, 5.41) is 6.56. The molecule has 20 heavy (non-hydrogen) atoms. The molecule has 0 aliphatic rings. The molecule has 0 saturated heterocycles. The zero-order valence-corrected chi connectivity index (χ0v) is 12.4. The first-order valence-corrected chi connectivity index (χ1v) is 6.80. The first-order valence-electron chi connectivity index (χ1n) is 6.01. The summed E-state index contributed by atoms with van der Waals surface area (Å²) in [6, 6.07) is 2.83. The molecule has 0 saturated carbocycles. The van der Waals surface area contributed by atoms with Gasteiger partial charge in [-0.2, -0.15) is 0 Å². The van der Waals surface area contributed by atoms with Gasteiger partial charge in [-0.3, -0.25) is 4.79 Å². The van der Waals surface area contributed by atoms with Crippen LogP contribution in [0.4, 0.5) is 15.9 Å². The van der Waals surface area contributed by atoms with Crippen LogP contribution in [0.3, 0.4) is 0 Å². The quantitative estimate of drug-likeness (QED) is 0.589. The molecule has 1 aromatic carbocycles. The predicted octanol–water partition coefficient (Wildman–Crippen LogP) is 2.27. The molecule has 0 atom stereocenters. The summed E-state index contributed by atoms with van der Waals surface area (Å²) in [5.74, 6) is -0.112. The number of carbonyl (C=O) groups excluding carboxylic acids is 1. The second kappa shape index (κ2) is 6.04. The van der Waals surface area contributed by atoms with Gasteiger partial charge in [0.05, 0.1) is 5.39 Å². The highest BCUT2D eigenvalue weighted by Gasteiger charge is 2.13. The minimum absolute atomic E-state index is 0.115. The normalized spacial score (nSPS) is 10.6. The third kappa shape index (κ3) is 2.98. The molecular weight excluding hydrogens is 327 g/mol. The van der Waals surface area contributed by atoms with Gasteiger partial charge in [0.2, 0.25) is 5.91 Å². The Morgan fingerprint density at radius 2 is 2.15 bits per heavy atom. The number of nitrogens with two attached hydrogens (primary N) is 1. The van der Waals surface area contributed by atoms with E-state index in [1.165, 1.54) is 19.1 Å². The Morgan fingerprint density at radius 3 is 2.85 bits per heavy atom. The van der Waals surface area contributed by atoms with Crippen LogP contribution in [0.2, 0.25) is 0 Å². The van der Waals surface area contributed by atoms with E-state index in [1.54, 1.807) is 6.20 Å². The number of amides is 1. The summed E-state index contributed by atoms with van der Waals surface area (Å²) in [7, 11) is 0. The second-order valence-electron chi connectivity index (χ2n) is 4.25. The van der Waals surface area contributed by atoms with Crippen molar-refractivity contribution in [2.45, 2.75) is 6.92 Å². The number of fused-ring (bicyclic) bond motifs is 1. The van der Waals surface area contributed by atoms with E-state index >= 15 is 0 Å². The molecule has 0 bridgehead atoms. The van der Waals surface area contributed by atoms with Crippen LogP contribution < -0.4 is 16.4 Å². The fourth-order valence-corrected chi connectivity index (χ4v) is 2.42.